The molecule has 3 heteroatoms. The first-order valence-electron chi connectivity index (χ1n) is 5.63. The molecular formula is C11H24N2O. The molecule has 0 aromatic heterocycles. The van der Waals surface area contributed by atoms with Gasteiger partial charge in [0.05, 0.1) is 12.1 Å². The largest absolute Gasteiger partial charge is 0.379 e. The molecular weight excluding hydrogens is 176 g/mol. The van der Waals surface area contributed by atoms with Gasteiger partial charge in [-0.1, -0.05) is 20.3 Å². The normalized spacial score (nSPS) is 29.8. The van der Waals surface area contributed by atoms with E-state index in [1.807, 2.05) is 0 Å². The van der Waals surface area contributed by atoms with Gasteiger partial charge in [-0.25, -0.2) is 0 Å². The van der Waals surface area contributed by atoms with Crippen LogP contribution in [0.25, 0.3) is 0 Å². The molecule has 1 saturated heterocycles. The highest BCUT2D eigenvalue weighted by molar-refractivity contribution is 4.94. The van der Waals surface area contributed by atoms with E-state index in [4.69, 9.17) is 10.5 Å². The van der Waals surface area contributed by atoms with E-state index in [0.717, 1.165) is 32.1 Å². The van der Waals surface area contributed by atoms with Gasteiger partial charge in [0, 0.05) is 19.7 Å². The van der Waals surface area contributed by atoms with Gasteiger partial charge in [-0.15, -0.1) is 0 Å². The molecule has 0 aromatic rings. The van der Waals surface area contributed by atoms with Crippen LogP contribution in [0.4, 0.5) is 0 Å². The van der Waals surface area contributed by atoms with Gasteiger partial charge in [0.15, 0.2) is 0 Å². The third-order valence-electron chi connectivity index (χ3n) is 3.55. The average molecular weight is 200 g/mol. The van der Waals surface area contributed by atoms with Crippen LogP contribution in [0.3, 0.4) is 0 Å². The van der Waals surface area contributed by atoms with Gasteiger partial charge in [-0.05, 0) is 19.4 Å². The standard InChI is InChI=1S/C11H24N2O/c1-4-10(2)7-13(3)11(8-12)5-6-14-9-11/h10H,4-9,12H2,1-3H3. The van der Waals surface area contributed by atoms with Crippen LogP contribution in [-0.4, -0.2) is 43.8 Å². The minimum absolute atomic E-state index is 0.115. The van der Waals surface area contributed by atoms with Crippen molar-refractivity contribution in [3.63, 3.8) is 0 Å². The van der Waals surface area contributed by atoms with Crippen molar-refractivity contribution in [1.29, 1.82) is 0 Å². The summed E-state index contributed by atoms with van der Waals surface area (Å²) in [6.45, 7) is 8.02. The fraction of sp³-hybridized carbons (Fsp3) is 1.00. The monoisotopic (exact) mass is 200 g/mol. The van der Waals surface area contributed by atoms with Crippen LogP contribution in [-0.2, 0) is 4.74 Å². The number of nitrogens with zero attached hydrogens (tertiary/aromatic N) is 1. The number of nitrogens with two attached hydrogens (primary N) is 1. The molecule has 1 aliphatic heterocycles. The molecule has 1 aliphatic rings. The first-order chi connectivity index (χ1) is 6.64. The molecule has 0 aliphatic carbocycles. The molecule has 0 aromatic carbocycles. The summed E-state index contributed by atoms with van der Waals surface area (Å²) >= 11 is 0. The van der Waals surface area contributed by atoms with Crippen LogP contribution in [0.1, 0.15) is 26.7 Å². The van der Waals surface area contributed by atoms with Crippen LogP contribution in [0, 0.1) is 5.92 Å². The fourth-order valence-corrected chi connectivity index (χ4v) is 2.00. The molecule has 0 saturated carbocycles. The maximum absolute atomic E-state index is 5.87. The van der Waals surface area contributed by atoms with Gasteiger partial charge in [-0.2, -0.15) is 0 Å². The number of hydrogen-bond acceptors (Lipinski definition) is 3. The van der Waals surface area contributed by atoms with Gasteiger partial charge < -0.3 is 10.5 Å². The molecule has 84 valence electrons. The lowest BCUT2D eigenvalue weighted by Crippen LogP contribution is -2.53. The lowest BCUT2D eigenvalue weighted by Gasteiger charge is -2.37. The molecule has 14 heavy (non-hydrogen) atoms. The summed E-state index contributed by atoms with van der Waals surface area (Å²) < 4.78 is 5.47. The van der Waals surface area contributed by atoms with Crippen molar-refractivity contribution in [3.05, 3.63) is 0 Å². The number of likely N-dealkylation sites (N-methyl/N-ethyl adjacent to an activating group) is 1. The third kappa shape index (κ3) is 2.47. The van der Waals surface area contributed by atoms with E-state index in [9.17, 15) is 0 Å². The highest BCUT2D eigenvalue weighted by Gasteiger charge is 2.37. The summed E-state index contributed by atoms with van der Waals surface area (Å²) in [7, 11) is 2.17. The maximum atomic E-state index is 5.87. The summed E-state index contributed by atoms with van der Waals surface area (Å²) in [5, 5.41) is 0. The van der Waals surface area contributed by atoms with E-state index in [0.29, 0.717) is 6.54 Å². The molecule has 0 spiro atoms. The van der Waals surface area contributed by atoms with Gasteiger partial charge in [0.2, 0.25) is 0 Å². The molecule has 0 amide bonds. The van der Waals surface area contributed by atoms with Crippen LogP contribution in [0.2, 0.25) is 0 Å². The van der Waals surface area contributed by atoms with Crippen molar-refractivity contribution < 1.29 is 4.74 Å². The molecule has 0 radical (unpaired) electrons. The molecule has 0 bridgehead atoms. The number of ether oxygens (including phenoxy) is 1. The van der Waals surface area contributed by atoms with E-state index in [1.54, 1.807) is 0 Å². The van der Waals surface area contributed by atoms with Gasteiger partial charge in [0.25, 0.3) is 0 Å². The SMILES string of the molecule is CCC(C)CN(C)C1(CN)CCOC1. The van der Waals surface area contributed by atoms with E-state index >= 15 is 0 Å². The van der Waals surface area contributed by atoms with Crippen LogP contribution in [0.15, 0.2) is 0 Å². The van der Waals surface area contributed by atoms with Crippen LogP contribution in [0.5, 0.6) is 0 Å². The first kappa shape index (κ1) is 12.0. The maximum Gasteiger partial charge on any atom is 0.0663 e. The Kier molecular flexibility index (Phi) is 4.35. The summed E-state index contributed by atoms with van der Waals surface area (Å²) in [5.74, 6) is 0.740. The van der Waals surface area contributed by atoms with E-state index in [2.05, 4.69) is 25.8 Å². The Hall–Kier alpha value is -0.120. The first-order valence-corrected chi connectivity index (χ1v) is 5.63. The van der Waals surface area contributed by atoms with Crippen molar-refractivity contribution >= 4 is 0 Å². The zero-order valence-electron chi connectivity index (χ0n) is 9.75. The highest BCUT2D eigenvalue weighted by atomic mass is 16.5. The van der Waals surface area contributed by atoms with Crippen molar-refractivity contribution in [1.82, 2.24) is 4.90 Å². The van der Waals surface area contributed by atoms with Crippen molar-refractivity contribution in [2.75, 3.05) is 33.4 Å². The topological polar surface area (TPSA) is 38.5 Å². The Morgan fingerprint density at radius 3 is 2.71 bits per heavy atom. The minimum atomic E-state index is 0.115. The van der Waals surface area contributed by atoms with Gasteiger partial charge in [0.1, 0.15) is 0 Å². The molecule has 2 N–H and O–H groups in total. The summed E-state index contributed by atoms with van der Waals surface area (Å²) in [6, 6.07) is 0. The Balaban J connectivity index is 2.51. The second kappa shape index (κ2) is 5.10. The Bertz CT molecular complexity index is 167. The highest BCUT2D eigenvalue weighted by Crippen LogP contribution is 2.25. The zero-order valence-corrected chi connectivity index (χ0v) is 9.75. The van der Waals surface area contributed by atoms with Crippen molar-refractivity contribution in [2.45, 2.75) is 32.2 Å². The van der Waals surface area contributed by atoms with Gasteiger partial charge >= 0.3 is 0 Å². The quantitative estimate of drug-likeness (QED) is 0.722. The number of hydrogen-bond donors (Lipinski definition) is 1. The smallest absolute Gasteiger partial charge is 0.0663 e. The third-order valence-corrected chi connectivity index (χ3v) is 3.55. The molecule has 1 fully saturated rings. The van der Waals surface area contributed by atoms with E-state index < -0.39 is 0 Å². The predicted molar refractivity (Wildman–Crippen MR) is 59.3 cm³/mol. The second-order valence-corrected chi connectivity index (χ2v) is 4.62. The molecule has 1 rings (SSSR count). The van der Waals surface area contributed by atoms with Crippen LogP contribution >= 0.6 is 0 Å². The summed E-state index contributed by atoms with van der Waals surface area (Å²) in [5.41, 5.74) is 5.98. The second-order valence-electron chi connectivity index (χ2n) is 4.62. The Morgan fingerprint density at radius 1 is 1.57 bits per heavy atom. The lowest BCUT2D eigenvalue weighted by molar-refractivity contribution is 0.0823. The number of rotatable bonds is 5. The van der Waals surface area contributed by atoms with E-state index in [-0.39, 0.29) is 5.54 Å². The lowest BCUT2D eigenvalue weighted by atomic mass is 9.95. The molecule has 1 heterocycles. The zero-order chi connectivity index (χ0) is 10.6. The fourth-order valence-electron chi connectivity index (χ4n) is 2.00. The van der Waals surface area contributed by atoms with Crippen LogP contribution < -0.4 is 5.73 Å². The molecule has 2 unspecified atom stereocenters. The van der Waals surface area contributed by atoms with Crippen molar-refractivity contribution in [2.24, 2.45) is 11.7 Å². The molecule has 2 atom stereocenters. The Morgan fingerprint density at radius 2 is 2.29 bits per heavy atom. The minimum Gasteiger partial charge on any atom is -0.379 e. The molecule has 3 nitrogen and oxygen atoms in total. The summed E-state index contributed by atoms with van der Waals surface area (Å²) in [6.07, 6.45) is 2.31. The van der Waals surface area contributed by atoms with Gasteiger partial charge in [-0.3, -0.25) is 4.90 Å². The predicted octanol–water partition coefficient (Wildman–Crippen LogP) is 1.08. The van der Waals surface area contributed by atoms with E-state index in [1.165, 1.54) is 6.42 Å². The summed E-state index contributed by atoms with van der Waals surface area (Å²) in [4.78, 5) is 2.40. The average Bonchev–Trinajstić information content (AvgIpc) is 2.67. The van der Waals surface area contributed by atoms with Crippen molar-refractivity contribution in [3.8, 4) is 0 Å². The Labute approximate surface area is 87.6 Å².